The molecule has 0 aromatic carbocycles. The molecule has 4 aromatic heterocycles. The van der Waals surface area contributed by atoms with Gasteiger partial charge in [0, 0.05) is 39.1 Å². The van der Waals surface area contributed by atoms with Crippen LogP contribution in [0.2, 0.25) is 0 Å². The summed E-state index contributed by atoms with van der Waals surface area (Å²) in [7, 11) is 3.84. The monoisotopic (exact) mass is 439 g/mol. The lowest BCUT2D eigenvalue weighted by atomic mass is 10.0. The Morgan fingerprint density at radius 2 is 1.56 bits per heavy atom. The van der Waals surface area contributed by atoms with Gasteiger partial charge in [0.15, 0.2) is 0 Å². The van der Waals surface area contributed by atoms with Crippen molar-refractivity contribution >= 4 is 23.8 Å². The fraction of sp³-hybridized carbons (Fsp3) is 0.400. The van der Waals surface area contributed by atoms with Gasteiger partial charge < -0.3 is 30.7 Å². The first-order chi connectivity index (χ1) is 15.6. The molecule has 0 bridgehead atoms. The summed E-state index contributed by atoms with van der Waals surface area (Å²) in [5, 5.41) is 22.3. The Bertz CT molecular complexity index is 1110. The van der Waals surface area contributed by atoms with Crippen molar-refractivity contribution in [3.8, 4) is 0 Å². The summed E-state index contributed by atoms with van der Waals surface area (Å²) >= 11 is 0. The number of H-pyrrole nitrogens is 3. The van der Waals surface area contributed by atoms with Crippen LogP contribution >= 0.6 is 0 Å². The Morgan fingerprint density at radius 3 is 2.25 bits per heavy atom. The van der Waals surface area contributed by atoms with Crippen LogP contribution in [0.1, 0.15) is 22.4 Å². The lowest BCUT2D eigenvalue weighted by Gasteiger charge is -2.07. The van der Waals surface area contributed by atoms with E-state index in [0.717, 1.165) is 44.7 Å². The van der Waals surface area contributed by atoms with Crippen LogP contribution in [0.4, 0.5) is 23.8 Å². The zero-order valence-electron chi connectivity index (χ0n) is 18.3. The van der Waals surface area contributed by atoms with E-state index in [0.29, 0.717) is 17.8 Å². The van der Waals surface area contributed by atoms with Gasteiger partial charge >= 0.3 is 0 Å². The normalized spacial score (nSPS) is 11.1. The number of aromatic amines is 3. The number of hydrogen-bond donors (Lipinski definition) is 6. The number of aromatic nitrogens is 7. The summed E-state index contributed by atoms with van der Waals surface area (Å²) in [6.45, 7) is 1.47. The van der Waals surface area contributed by atoms with Crippen LogP contribution < -0.4 is 21.3 Å². The average Bonchev–Trinajstić information content (AvgIpc) is 3.55. The van der Waals surface area contributed by atoms with E-state index in [1.165, 1.54) is 22.4 Å². The number of rotatable bonds is 12. The number of nitrogen functional groups attached to an aromatic ring is 1. The second-order valence-electron chi connectivity index (χ2n) is 7.71. The highest BCUT2D eigenvalue weighted by atomic mass is 16.3. The molecule has 7 N–H and O–H groups in total. The molecule has 0 aliphatic heterocycles. The maximum Gasteiger partial charge on any atom is 0.225 e. The molecule has 0 fully saturated rings. The number of nitrogens with two attached hydrogens (primary N) is 1. The summed E-state index contributed by atoms with van der Waals surface area (Å²) in [4.78, 5) is 11.2. The van der Waals surface area contributed by atoms with Gasteiger partial charge in [0.25, 0.3) is 0 Å². The predicted octanol–water partition coefficient (Wildman–Crippen LogP) is 1.59. The minimum Gasteiger partial charge on any atom is -0.472 e. The van der Waals surface area contributed by atoms with Crippen molar-refractivity contribution in [1.29, 1.82) is 0 Å². The number of anilines is 4. The Hall–Kier alpha value is -3.96. The maximum atomic E-state index is 5.54. The van der Waals surface area contributed by atoms with Crippen molar-refractivity contribution in [2.24, 2.45) is 0 Å². The standard InChI is InChI=1S/C20H29N11O/c1-31(2)20-26-19(29-30-20)24-10-7-15-12-32-11-14(15)3-4-16-13(5-8-22-16)6-9-23-18-25-17(21)27-28-18/h5,8,11-12,22H,3-4,6-7,9-10H2,1-2H3,(H2,24,26,29,30)(H4,21,23,25,27,28). The van der Waals surface area contributed by atoms with E-state index in [2.05, 4.69) is 52.0 Å². The molecule has 0 saturated carbocycles. The molecular formula is C20H29N11O. The van der Waals surface area contributed by atoms with Crippen LogP contribution in [0.5, 0.6) is 0 Å². The number of hydrogen-bond acceptors (Lipinski definition) is 9. The summed E-state index contributed by atoms with van der Waals surface area (Å²) in [6.07, 6.45) is 9.16. The van der Waals surface area contributed by atoms with E-state index < -0.39 is 0 Å². The Labute approximate surface area is 185 Å². The summed E-state index contributed by atoms with van der Waals surface area (Å²) in [6, 6.07) is 2.12. The topological polar surface area (TPSA) is 165 Å². The highest BCUT2D eigenvalue weighted by Crippen LogP contribution is 2.17. The van der Waals surface area contributed by atoms with Gasteiger partial charge in [0.05, 0.1) is 12.5 Å². The second-order valence-corrected chi connectivity index (χ2v) is 7.71. The molecule has 0 aliphatic rings. The predicted molar refractivity (Wildman–Crippen MR) is 123 cm³/mol. The van der Waals surface area contributed by atoms with E-state index in [-0.39, 0.29) is 0 Å². The molecule has 0 atom stereocenters. The number of nitrogens with zero attached hydrogens (tertiary/aromatic N) is 5. The van der Waals surface area contributed by atoms with Crippen LogP contribution in [0, 0.1) is 0 Å². The first-order valence-corrected chi connectivity index (χ1v) is 10.5. The SMILES string of the molecule is CN(C)c1nnc(NCCc2cocc2CCc2[nH]ccc2CCNc2nnc(N)[nH]2)[nH]1. The average molecular weight is 440 g/mol. The van der Waals surface area contributed by atoms with Gasteiger partial charge in [-0.3, -0.25) is 9.97 Å². The minimum atomic E-state index is 0.306. The first-order valence-electron chi connectivity index (χ1n) is 10.5. The fourth-order valence-electron chi connectivity index (χ4n) is 3.47. The lowest BCUT2D eigenvalue weighted by molar-refractivity contribution is 0.561. The molecule has 0 spiro atoms. The molecule has 4 aromatic rings. The van der Waals surface area contributed by atoms with Crippen molar-refractivity contribution in [2.45, 2.75) is 25.7 Å². The van der Waals surface area contributed by atoms with Crippen molar-refractivity contribution in [3.63, 3.8) is 0 Å². The van der Waals surface area contributed by atoms with Crippen LogP contribution in [0.15, 0.2) is 29.2 Å². The van der Waals surface area contributed by atoms with E-state index >= 15 is 0 Å². The summed E-state index contributed by atoms with van der Waals surface area (Å²) in [5.74, 6) is 2.27. The molecular weight excluding hydrogens is 410 g/mol. The van der Waals surface area contributed by atoms with Crippen molar-refractivity contribution < 1.29 is 4.42 Å². The molecule has 0 radical (unpaired) electrons. The zero-order chi connectivity index (χ0) is 22.3. The van der Waals surface area contributed by atoms with Crippen molar-refractivity contribution in [2.75, 3.05) is 48.5 Å². The Kier molecular flexibility index (Phi) is 6.58. The third kappa shape index (κ3) is 5.39. The third-order valence-corrected chi connectivity index (χ3v) is 5.18. The summed E-state index contributed by atoms with van der Waals surface area (Å²) in [5.41, 5.74) is 10.5. The largest absolute Gasteiger partial charge is 0.472 e. The molecule has 0 amide bonds. The van der Waals surface area contributed by atoms with Gasteiger partial charge in [-0.25, -0.2) is 0 Å². The van der Waals surface area contributed by atoms with Crippen LogP contribution in [-0.2, 0) is 25.7 Å². The molecule has 12 heteroatoms. The van der Waals surface area contributed by atoms with Gasteiger partial charge in [0.2, 0.25) is 23.8 Å². The molecule has 32 heavy (non-hydrogen) atoms. The van der Waals surface area contributed by atoms with Crippen LogP contribution in [0.25, 0.3) is 0 Å². The third-order valence-electron chi connectivity index (χ3n) is 5.18. The Balaban J connectivity index is 1.24. The van der Waals surface area contributed by atoms with Gasteiger partial charge in [0.1, 0.15) is 0 Å². The smallest absolute Gasteiger partial charge is 0.225 e. The highest BCUT2D eigenvalue weighted by Gasteiger charge is 2.10. The van der Waals surface area contributed by atoms with E-state index in [1.807, 2.05) is 37.7 Å². The van der Waals surface area contributed by atoms with Gasteiger partial charge in [-0.1, -0.05) is 0 Å². The number of nitrogens with one attached hydrogen (secondary N) is 5. The van der Waals surface area contributed by atoms with Crippen molar-refractivity contribution in [1.82, 2.24) is 35.3 Å². The fourth-order valence-corrected chi connectivity index (χ4v) is 3.47. The van der Waals surface area contributed by atoms with Gasteiger partial charge in [-0.15, -0.1) is 20.4 Å². The lowest BCUT2D eigenvalue weighted by Crippen LogP contribution is -2.11. The van der Waals surface area contributed by atoms with Gasteiger partial charge in [-0.05, 0) is 48.4 Å². The number of aryl methyl sites for hydroxylation is 2. The van der Waals surface area contributed by atoms with Crippen LogP contribution in [-0.4, -0.2) is 62.5 Å². The molecule has 12 nitrogen and oxygen atoms in total. The zero-order valence-corrected chi connectivity index (χ0v) is 18.3. The molecule has 4 rings (SSSR count). The van der Waals surface area contributed by atoms with E-state index in [9.17, 15) is 0 Å². The second kappa shape index (κ2) is 9.90. The molecule has 0 unspecified atom stereocenters. The molecule has 0 saturated heterocycles. The highest BCUT2D eigenvalue weighted by molar-refractivity contribution is 5.35. The Morgan fingerprint density at radius 1 is 0.875 bits per heavy atom. The van der Waals surface area contributed by atoms with Crippen molar-refractivity contribution in [3.05, 3.63) is 47.2 Å². The van der Waals surface area contributed by atoms with E-state index in [1.54, 1.807) is 0 Å². The van der Waals surface area contributed by atoms with E-state index in [4.69, 9.17) is 10.2 Å². The first kappa shape index (κ1) is 21.3. The number of furan rings is 1. The quantitative estimate of drug-likeness (QED) is 0.192. The van der Waals surface area contributed by atoms with Crippen LogP contribution in [0.3, 0.4) is 0 Å². The molecule has 170 valence electrons. The molecule has 4 heterocycles. The maximum absolute atomic E-state index is 5.54. The summed E-state index contributed by atoms with van der Waals surface area (Å²) < 4.78 is 5.48. The molecule has 0 aliphatic carbocycles. The van der Waals surface area contributed by atoms with Gasteiger partial charge in [-0.2, -0.15) is 0 Å². The minimum absolute atomic E-state index is 0.306.